The van der Waals surface area contributed by atoms with Crippen molar-refractivity contribution in [2.75, 3.05) is 10.6 Å². The van der Waals surface area contributed by atoms with Crippen molar-refractivity contribution in [1.29, 1.82) is 0 Å². The van der Waals surface area contributed by atoms with Gasteiger partial charge in [0.15, 0.2) is 5.82 Å². The van der Waals surface area contributed by atoms with Crippen LogP contribution < -0.4 is 21.5 Å². The highest BCUT2D eigenvalue weighted by Crippen LogP contribution is 2.25. The second-order valence-corrected chi connectivity index (χ2v) is 8.03. The van der Waals surface area contributed by atoms with E-state index in [0.717, 1.165) is 16.8 Å². The Labute approximate surface area is 195 Å². The molecule has 0 aliphatic carbocycles. The van der Waals surface area contributed by atoms with Crippen LogP contribution in [0.1, 0.15) is 29.8 Å². The zero-order valence-corrected chi connectivity index (χ0v) is 18.5. The van der Waals surface area contributed by atoms with E-state index in [2.05, 4.69) is 25.9 Å². The van der Waals surface area contributed by atoms with Gasteiger partial charge in [0.1, 0.15) is 11.4 Å². The van der Waals surface area contributed by atoms with Crippen LogP contribution in [0.25, 0.3) is 5.82 Å². The van der Waals surface area contributed by atoms with Crippen LogP contribution in [0.5, 0.6) is 0 Å². The van der Waals surface area contributed by atoms with Crippen LogP contribution in [0.15, 0.2) is 94.8 Å². The van der Waals surface area contributed by atoms with Gasteiger partial charge < -0.3 is 10.6 Å². The predicted molar refractivity (Wildman–Crippen MR) is 132 cm³/mol. The lowest BCUT2D eigenvalue weighted by atomic mass is 10.1. The molecule has 0 fully saturated rings. The summed E-state index contributed by atoms with van der Waals surface area (Å²) < 4.78 is 1.59. The Kier molecular flexibility index (Phi) is 5.70. The average molecular weight is 451 g/mol. The Balaban J connectivity index is 1.33. The lowest BCUT2D eigenvalue weighted by molar-refractivity contribution is 0.778. The summed E-state index contributed by atoms with van der Waals surface area (Å²) in [5.74, 6) is 0.544. The second kappa shape index (κ2) is 9.11. The maximum atomic E-state index is 12.3. The summed E-state index contributed by atoms with van der Waals surface area (Å²) >= 11 is 0. The Morgan fingerprint density at radius 1 is 0.912 bits per heavy atom. The van der Waals surface area contributed by atoms with Gasteiger partial charge in [-0.05, 0) is 24.1 Å². The van der Waals surface area contributed by atoms with Crippen LogP contribution in [0.2, 0.25) is 0 Å². The smallest absolute Gasteiger partial charge is 0.253 e. The van der Waals surface area contributed by atoms with Gasteiger partial charge >= 0.3 is 0 Å². The van der Waals surface area contributed by atoms with E-state index in [1.165, 1.54) is 0 Å². The van der Waals surface area contributed by atoms with Crippen molar-refractivity contribution in [2.24, 2.45) is 0 Å². The quantitative estimate of drug-likeness (QED) is 0.347. The lowest BCUT2D eigenvalue weighted by Gasteiger charge is -2.20. The summed E-state index contributed by atoms with van der Waals surface area (Å²) in [4.78, 5) is 28.9. The molecule has 1 atom stereocenters. The first kappa shape index (κ1) is 21.3. The molecule has 2 N–H and O–H groups in total. The third-order valence-electron chi connectivity index (χ3n) is 5.59. The summed E-state index contributed by atoms with van der Waals surface area (Å²) in [6, 6.07) is 23.1. The van der Waals surface area contributed by atoms with Crippen LogP contribution in [0.3, 0.4) is 0 Å². The Hall–Kier alpha value is -4.59. The zero-order valence-electron chi connectivity index (χ0n) is 18.5. The van der Waals surface area contributed by atoms with E-state index < -0.39 is 10.9 Å². The fraction of sp³-hybridized carbons (Fsp3) is 0.115. The molecule has 2 heterocycles. The number of aromatic nitrogens is 4. The molecule has 5 rings (SSSR count). The molecule has 34 heavy (non-hydrogen) atoms. The number of hydrogen-bond acceptors (Lipinski definition) is 7. The van der Waals surface area contributed by atoms with Gasteiger partial charge in [0.05, 0.1) is 11.9 Å². The second-order valence-electron chi connectivity index (χ2n) is 8.03. The van der Waals surface area contributed by atoms with Gasteiger partial charge in [-0.15, -0.1) is 5.10 Å². The standard InChI is InChI=1S/C26H22N6O2/c1-17(19-10-6-3-7-11-19)28-23-24(26(34)25(23)33)29-20-12-13-27-22(15-20)32-16-21(30-31-32)14-18-8-4-2-5-9-18/h2-13,15-17,28H,14H2,1H3,(H,27,29)/t17-/m1/s1. The van der Waals surface area contributed by atoms with Crippen molar-refractivity contribution >= 4 is 17.1 Å². The van der Waals surface area contributed by atoms with E-state index in [1.807, 2.05) is 73.8 Å². The monoisotopic (exact) mass is 450 g/mol. The van der Waals surface area contributed by atoms with E-state index in [4.69, 9.17) is 0 Å². The van der Waals surface area contributed by atoms with Crippen LogP contribution in [-0.2, 0) is 6.42 Å². The minimum atomic E-state index is -0.549. The van der Waals surface area contributed by atoms with Crippen molar-refractivity contribution < 1.29 is 0 Å². The first-order valence-corrected chi connectivity index (χ1v) is 10.9. The highest BCUT2D eigenvalue weighted by Gasteiger charge is 2.23. The predicted octanol–water partition coefficient (Wildman–Crippen LogP) is 3.77. The molecule has 0 amide bonds. The number of anilines is 3. The highest BCUT2D eigenvalue weighted by atomic mass is 16.2. The first-order valence-electron chi connectivity index (χ1n) is 10.9. The van der Waals surface area contributed by atoms with Crippen molar-refractivity contribution in [3.05, 3.63) is 122 Å². The zero-order chi connectivity index (χ0) is 23.5. The van der Waals surface area contributed by atoms with E-state index in [0.29, 0.717) is 17.9 Å². The Morgan fingerprint density at radius 3 is 2.38 bits per heavy atom. The number of nitrogens with zero attached hydrogens (tertiary/aromatic N) is 4. The van der Waals surface area contributed by atoms with Gasteiger partial charge in [-0.3, -0.25) is 9.59 Å². The van der Waals surface area contributed by atoms with Crippen molar-refractivity contribution in [2.45, 2.75) is 19.4 Å². The maximum Gasteiger partial charge on any atom is 0.253 e. The summed E-state index contributed by atoms with van der Waals surface area (Å²) in [5, 5.41) is 14.6. The molecule has 0 spiro atoms. The summed E-state index contributed by atoms with van der Waals surface area (Å²) in [6.07, 6.45) is 4.10. The minimum Gasteiger partial charge on any atom is -0.373 e. The molecule has 0 saturated carbocycles. The normalized spacial score (nSPS) is 11.9. The van der Waals surface area contributed by atoms with E-state index in [-0.39, 0.29) is 17.4 Å². The van der Waals surface area contributed by atoms with Gasteiger partial charge in [0.25, 0.3) is 10.9 Å². The van der Waals surface area contributed by atoms with Crippen LogP contribution in [0.4, 0.5) is 17.1 Å². The molecule has 8 nitrogen and oxygen atoms in total. The van der Waals surface area contributed by atoms with E-state index in [9.17, 15) is 9.59 Å². The third kappa shape index (κ3) is 4.33. The molecule has 0 bridgehead atoms. The first-order chi connectivity index (χ1) is 16.6. The molecule has 0 aliphatic heterocycles. The van der Waals surface area contributed by atoms with E-state index >= 15 is 0 Å². The van der Waals surface area contributed by atoms with Crippen LogP contribution >= 0.6 is 0 Å². The summed E-state index contributed by atoms with van der Waals surface area (Å²) in [7, 11) is 0. The molecule has 0 aliphatic rings. The number of rotatable bonds is 8. The summed E-state index contributed by atoms with van der Waals surface area (Å²) in [5.41, 5.74) is 3.04. The average Bonchev–Trinajstić information content (AvgIpc) is 3.35. The topological polar surface area (TPSA) is 102 Å². The van der Waals surface area contributed by atoms with E-state index in [1.54, 1.807) is 23.0 Å². The van der Waals surface area contributed by atoms with Crippen molar-refractivity contribution in [1.82, 2.24) is 20.0 Å². The highest BCUT2D eigenvalue weighted by molar-refractivity contribution is 5.79. The number of nitrogens with one attached hydrogen (secondary N) is 2. The fourth-order valence-corrected chi connectivity index (χ4v) is 3.75. The molecule has 3 aromatic carbocycles. The lowest BCUT2D eigenvalue weighted by Crippen LogP contribution is -2.37. The van der Waals surface area contributed by atoms with Gasteiger partial charge in [-0.1, -0.05) is 65.9 Å². The molecule has 0 unspecified atom stereocenters. The third-order valence-corrected chi connectivity index (χ3v) is 5.59. The molecular formula is C26H22N6O2. The molecule has 5 aromatic rings. The molecular weight excluding hydrogens is 428 g/mol. The van der Waals surface area contributed by atoms with Crippen molar-refractivity contribution in [3.8, 4) is 5.82 Å². The Bertz CT molecular complexity index is 1490. The fourth-order valence-electron chi connectivity index (χ4n) is 3.75. The van der Waals surface area contributed by atoms with Crippen LogP contribution in [-0.4, -0.2) is 20.0 Å². The van der Waals surface area contributed by atoms with Crippen LogP contribution in [0, 0.1) is 0 Å². The molecule has 0 radical (unpaired) electrons. The number of hydrogen-bond donors (Lipinski definition) is 2. The van der Waals surface area contributed by atoms with Gasteiger partial charge in [-0.25, -0.2) is 9.67 Å². The molecule has 2 aromatic heterocycles. The number of benzene rings is 2. The molecule has 168 valence electrons. The summed E-state index contributed by atoms with van der Waals surface area (Å²) in [6.45, 7) is 1.94. The number of pyridine rings is 1. The Morgan fingerprint density at radius 2 is 1.62 bits per heavy atom. The largest absolute Gasteiger partial charge is 0.373 e. The van der Waals surface area contributed by atoms with Gasteiger partial charge in [-0.2, -0.15) is 0 Å². The van der Waals surface area contributed by atoms with Crippen molar-refractivity contribution in [3.63, 3.8) is 0 Å². The molecule has 0 saturated heterocycles. The minimum absolute atomic E-state index is 0.128. The molecule has 8 heteroatoms. The van der Waals surface area contributed by atoms with Gasteiger partial charge in [0.2, 0.25) is 0 Å². The maximum absolute atomic E-state index is 12.3. The SMILES string of the molecule is C[C@@H](Nc1c(Nc2ccnc(-n3cc(Cc4ccccc4)nn3)c2)c(=O)c1=O)c1ccccc1. The van der Waals surface area contributed by atoms with Gasteiger partial charge in [0, 0.05) is 30.4 Å².